The molecule has 0 spiro atoms. The van der Waals surface area contributed by atoms with E-state index in [1.807, 2.05) is 24.3 Å². The van der Waals surface area contributed by atoms with E-state index in [-0.39, 0.29) is 0 Å². The molecule has 0 aliphatic rings. The predicted octanol–water partition coefficient (Wildman–Crippen LogP) is 5.44. The summed E-state index contributed by atoms with van der Waals surface area (Å²) in [5.74, 6) is 2.19. The van der Waals surface area contributed by atoms with Crippen LogP contribution in [0.5, 0.6) is 11.6 Å². The third-order valence-corrected chi connectivity index (χ3v) is 4.47. The van der Waals surface area contributed by atoms with Crippen molar-refractivity contribution < 1.29 is 4.74 Å². The van der Waals surface area contributed by atoms with Crippen molar-refractivity contribution in [2.45, 2.75) is 33.6 Å². The molecule has 0 radical (unpaired) electrons. The normalized spacial score (nSPS) is 10.9. The monoisotopic (exact) mass is 362 g/mol. The van der Waals surface area contributed by atoms with Crippen LogP contribution in [0, 0.1) is 6.92 Å². The van der Waals surface area contributed by atoms with Gasteiger partial charge in [-0.3, -0.25) is 0 Å². The first-order valence-electron chi connectivity index (χ1n) is 9.22. The molecule has 0 aliphatic heterocycles. The first-order chi connectivity index (χ1) is 13.0. The number of nitrogens with two attached hydrogens (primary N) is 1. The molecular weight excluding hydrogens is 336 g/mol. The summed E-state index contributed by atoms with van der Waals surface area (Å²) in [6.45, 7) is 9.18. The summed E-state index contributed by atoms with van der Waals surface area (Å²) in [7, 11) is 0. The van der Waals surface area contributed by atoms with Crippen molar-refractivity contribution >= 4 is 17.2 Å². The second-order valence-corrected chi connectivity index (χ2v) is 6.83. The van der Waals surface area contributed by atoms with Gasteiger partial charge in [-0.25, -0.2) is 4.98 Å². The van der Waals surface area contributed by atoms with Crippen molar-refractivity contribution in [3.8, 4) is 11.6 Å². The Bertz CT molecular complexity index is 906. The van der Waals surface area contributed by atoms with E-state index in [9.17, 15) is 0 Å². The van der Waals surface area contributed by atoms with Gasteiger partial charge in [0.25, 0.3) is 0 Å². The Morgan fingerprint density at radius 2 is 1.81 bits per heavy atom. The average Bonchev–Trinajstić information content (AvgIpc) is 2.66. The molecule has 0 amide bonds. The molecule has 3 rings (SSSR count). The second-order valence-electron chi connectivity index (χ2n) is 6.83. The maximum atomic E-state index is 6.37. The van der Waals surface area contributed by atoms with E-state index in [0.29, 0.717) is 29.1 Å². The molecule has 2 aromatic carbocycles. The van der Waals surface area contributed by atoms with Gasteiger partial charge in [-0.05, 0) is 55.2 Å². The highest BCUT2D eigenvalue weighted by atomic mass is 16.5. The van der Waals surface area contributed by atoms with E-state index in [1.165, 1.54) is 17.5 Å². The lowest BCUT2D eigenvalue weighted by molar-refractivity contribution is 0.464. The number of aryl methyl sites for hydroxylation is 1. The van der Waals surface area contributed by atoms with E-state index in [1.54, 1.807) is 0 Å². The average molecular weight is 362 g/mol. The Balaban J connectivity index is 1.91. The molecule has 5 nitrogen and oxygen atoms in total. The predicted molar refractivity (Wildman–Crippen MR) is 111 cm³/mol. The third-order valence-electron chi connectivity index (χ3n) is 4.47. The van der Waals surface area contributed by atoms with Gasteiger partial charge in [-0.2, -0.15) is 4.98 Å². The van der Waals surface area contributed by atoms with Gasteiger partial charge in [0.1, 0.15) is 17.8 Å². The summed E-state index contributed by atoms with van der Waals surface area (Å²) in [6.07, 6.45) is 1.49. The minimum absolute atomic E-state index is 0.364. The third kappa shape index (κ3) is 4.19. The summed E-state index contributed by atoms with van der Waals surface area (Å²) in [4.78, 5) is 10.7. The fourth-order valence-electron chi connectivity index (χ4n) is 2.95. The van der Waals surface area contributed by atoms with Gasteiger partial charge in [0.2, 0.25) is 5.88 Å². The Hall–Kier alpha value is -3.08. The number of hydrogen-bond acceptors (Lipinski definition) is 5. The Morgan fingerprint density at radius 3 is 2.44 bits per heavy atom. The van der Waals surface area contributed by atoms with Crippen LogP contribution in [-0.4, -0.2) is 16.5 Å². The zero-order valence-electron chi connectivity index (χ0n) is 16.3. The number of rotatable bonds is 6. The van der Waals surface area contributed by atoms with Crippen molar-refractivity contribution in [2.75, 3.05) is 17.2 Å². The Morgan fingerprint density at radius 1 is 1.07 bits per heavy atom. The molecule has 0 fully saturated rings. The number of benzene rings is 2. The molecular formula is C22H26N4O. The molecule has 1 heterocycles. The van der Waals surface area contributed by atoms with Gasteiger partial charge < -0.3 is 15.4 Å². The summed E-state index contributed by atoms with van der Waals surface area (Å²) in [5, 5.41) is 0. The first kappa shape index (κ1) is 18.7. The Kier molecular flexibility index (Phi) is 5.60. The van der Waals surface area contributed by atoms with E-state index in [0.717, 1.165) is 12.2 Å². The second kappa shape index (κ2) is 8.08. The van der Waals surface area contributed by atoms with Gasteiger partial charge in [-0.15, -0.1) is 0 Å². The highest BCUT2D eigenvalue weighted by molar-refractivity contribution is 5.74. The molecule has 1 aromatic heterocycles. The van der Waals surface area contributed by atoms with Crippen LogP contribution in [0.2, 0.25) is 0 Å². The lowest BCUT2D eigenvalue weighted by atomic mass is 10.0. The number of aromatic nitrogens is 2. The smallest absolute Gasteiger partial charge is 0.248 e. The minimum Gasteiger partial charge on any atom is -0.437 e. The molecule has 0 saturated heterocycles. The molecule has 0 unspecified atom stereocenters. The number of nitrogens with zero attached hydrogens (tertiary/aromatic N) is 3. The van der Waals surface area contributed by atoms with Crippen LogP contribution >= 0.6 is 0 Å². The zero-order chi connectivity index (χ0) is 19.4. The molecule has 140 valence electrons. The fourth-order valence-corrected chi connectivity index (χ4v) is 2.95. The molecule has 3 aromatic rings. The van der Waals surface area contributed by atoms with Crippen LogP contribution in [0.4, 0.5) is 17.2 Å². The van der Waals surface area contributed by atoms with Crippen LogP contribution in [0.25, 0.3) is 0 Å². The van der Waals surface area contributed by atoms with Gasteiger partial charge in [0.05, 0.1) is 0 Å². The quantitative estimate of drug-likeness (QED) is 0.632. The van der Waals surface area contributed by atoms with E-state index in [2.05, 4.69) is 66.8 Å². The minimum atomic E-state index is 0.364. The number of anilines is 3. The first-order valence-corrected chi connectivity index (χ1v) is 9.22. The van der Waals surface area contributed by atoms with Crippen molar-refractivity contribution in [3.05, 3.63) is 66.0 Å². The molecule has 0 aliphatic carbocycles. The number of nitrogen functional groups attached to an aromatic ring is 1. The van der Waals surface area contributed by atoms with Crippen LogP contribution < -0.4 is 15.4 Å². The molecule has 27 heavy (non-hydrogen) atoms. The largest absolute Gasteiger partial charge is 0.437 e. The van der Waals surface area contributed by atoms with Gasteiger partial charge >= 0.3 is 0 Å². The lowest BCUT2D eigenvalue weighted by Gasteiger charge is -2.24. The number of ether oxygens (including phenoxy) is 1. The SMILES string of the molecule is CCN(c1cccc(C)c1)c1ncnc(Oc2ccc(C(C)C)cc2)c1N. The Labute approximate surface area is 160 Å². The van der Waals surface area contributed by atoms with E-state index in [4.69, 9.17) is 10.5 Å². The van der Waals surface area contributed by atoms with Crippen molar-refractivity contribution in [2.24, 2.45) is 0 Å². The fraction of sp³-hybridized carbons (Fsp3) is 0.273. The molecule has 0 saturated carbocycles. The maximum Gasteiger partial charge on any atom is 0.248 e. The molecule has 2 N–H and O–H groups in total. The van der Waals surface area contributed by atoms with Crippen molar-refractivity contribution in [1.29, 1.82) is 0 Å². The van der Waals surface area contributed by atoms with Gasteiger partial charge in [-0.1, -0.05) is 38.1 Å². The standard InChI is InChI=1S/C22H26N4O/c1-5-26(18-8-6-7-16(4)13-18)21-20(23)22(25-14-24-21)27-19-11-9-17(10-12-19)15(2)3/h6-15H,5,23H2,1-4H3. The summed E-state index contributed by atoms with van der Waals surface area (Å²) in [6, 6.07) is 16.2. The van der Waals surface area contributed by atoms with Crippen LogP contribution in [0.15, 0.2) is 54.9 Å². The lowest BCUT2D eigenvalue weighted by Crippen LogP contribution is -2.19. The summed E-state index contributed by atoms with van der Waals surface area (Å²) >= 11 is 0. The van der Waals surface area contributed by atoms with Crippen molar-refractivity contribution in [1.82, 2.24) is 9.97 Å². The topological polar surface area (TPSA) is 64.3 Å². The molecule has 0 atom stereocenters. The molecule has 5 heteroatoms. The zero-order valence-corrected chi connectivity index (χ0v) is 16.3. The summed E-state index contributed by atoms with van der Waals surface area (Å²) in [5.41, 5.74) is 10.3. The van der Waals surface area contributed by atoms with E-state index >= 15 is 0 Å². The van der Waals surface area contributed by atoms with Crippen LogP contribution in [0.1, 0.15) is 37.8 Å². The van der Waals surface area contributed by atoms with Gasteiger partial charge in [0, 0.05) is 12.2 Å². The van der Waals surface area contributed by atoms with Crippen molar-refractivity contribution in [3.63, 3.8) is 0 Å². The number of hydrogen-bond donors (Lipinski definition) is 1. The molecule has 0 bridgehead atoms. The maximum absolute atomic E-state index is 6.37. The highest BCUT2D eigenvalue weighted by Gasteiger charge is 2.17. The van der Waals surface area contributed by atoms with E-state index < -0.39 is 0 Å². The highest BCUT2D eigenvalue weighted by Crippen LogP contribution is 2.35. The van der Waals surface area contributed by atoms with Crippen LogP contribution in [0.3, 0.4) is 0 Å². The summed E-state index contributed by atoms with van der Waals surface area (Å²) < 4.78 is 5.94. The van der Waals surface area contributed by atoms with Crippen LogP contribution in [-0.2, 0) is 0 Å². The van der Waals surface area contributed by atoms with Gasteiger partial charge in [0.15, 0.2) is 5.82 Å².